The Morgan fingerprint density at radius 2 is 1.94 bits per heavy atom. The Labute approximate surface area is 107 Å². The van der Waals surface area contributed by atoms with E-state index in [1.165, 1.54) is 0 Å². The largest absolute Gasteiger partial charge is 0.372 e. The molecule has 0 amide bonds. The molecule has 1 aromatic carbocycles. The summed E-state index contributed by atoms with van der Waals surface area (Å²) in [7, 11) is 0. The maximum Gasteiger partial charge on any atom is 0.184 e. The van der Waals surface area contributed by atoms with Gasteiger partial charge in [-0.2, -0.15) is 0 Å². The molecule has 0 saturated carbocycles. The highest BCUT2D eigenvalue weighted by Gasteiger charge is 2.21. The second kappa shape index (κ2) is 5.98. The van der Waals surface area contributed by atoms with Gasteiger partial charge in [0.15, 0.2) is 12.6 Å². The van der Waals surface area contributed by atoms with Crippen molar-refractivity contribution >= 4 is 12.0 Å². The Kier molecular flexibility index (Phi) is 4.33. The molecule has 0 bridgehead atoms. The lowest BCUT2D eigenvalue weighted by atomic mass is 10.1. The van der Waals surface area contributed by atoms with Crippen LogP contribution in [0, 0.1) is 0 Å². The van der Waals surface area contributed by atoms with Crippen molar-refractivity contribution in [1.82, 2.24) is 0 Å². The normalized spacial score (nSPS) is 15.9. The van der Waals surface area contributed by atoms with Crippen LogP contribution >= 0.6 is 0 Å². The lowest BCUT2D eigenvalue weighted by molar-refractivity contribution is -0.0444. The fraction of sp³-hybridized carbons (Fsp3) is 0.500. The van der Waals surface area contributed by atoms with Crippen molar-refractivity contribution in [1.29, 1.82) is 0 Å². The number of carbonyl (C=O) groups is 1. The fourth-order valence-electron chi connectivity index (χ4n) is 2.20. The van der Waals surface area contributed by atoms with Gasteiger partial charge in [-0.3, -0.25) is 4.79 Å². The zero-order chi connectivity index (χ0) is 13.0. The molecule has 0 N–H and O–H groups in total. The SMILES string of the molecule is CCN(CC)c1ccc(C2OCCO2)c(C=O)c1. The number of aldehydes is 1. The Balaban J connectivity index is 2.30. The Bertz CT molecular complexity index is 410. The molecule has 4 heteroatoms. The monoisotopic (exact) mass is 249 g/mol. The summed E-state index contributed by atoms with van der Waals surface area (Å²) < 4.78 is 10.9. The van der Waals surface area contributed by atoms with Crippen molar-refractivity contribution < 1.29 is 14.3 Å². The molecule has 1 fully saturated rings. The third kappa shape index (κ3) is 2.54. The van der Waals surface area contributed by atoms with Crippen molar-refractivity contribution in [3.63, 3.8) is 0 Å². The van der Waals surface area contributed by atoms with Gasteiger partial charge in [0, 0.05) is 29.9 Å². The van der Waals surface area contributed by atoms with E-state index in [0.717, 1.165) is 30.6 Å². The van der Waals surface area contributed by atoms with E-state index in [9.17, 15) is 4.79 Å². The summed E-state index contributed by atoms with van der Waals surface area (Å²) in [4.78, 5) is 13.4. The van der Waals surface area contributed by atoms with Crippen molar-refractivity contribution in [3.8, 4) is 0 Å². The van der Waals surface area contributed by atoms with E-state index in [-0.39, 0.29) is 0 Å². The number of anilines is 1. The van der Waals surface area contributed by atoms with Gasteiger partial charge in [-0.1, -0.05) is 6.07 Å². The van der Waals surface area contributed by atoms with E-state index in [4.69, 9.17) is 9.47 Å². The number of benzene rings is 1. The number of ether oxygens (including phenoxy) is 2. The number of nitrogens with zero attached hydrogens (tertiary/aromatic N) is 1. The van der Waals surface area contributed by atoms with Crippen molar-refractivity contribution in [2.75, 3.05) is 31.2 Å². The number of hydrogen-bond donors (Lipinski definition) is 0. The van der Waals surface area contributed by atoms with Crippen LogP contribution < -0.4 is 4.90 Å². The summed E-state index contributed by atoms with van der Waals surface area (Å²) in [6, 6.07) is 5.84. The second-order valence-electron chi connectivity index (χ2n) is 4.18. The lowest BCUT2D eigenvalue weighted by Crippen LogP contribution is -2.22. The van der Waals surface area contributed by atoms with E-state index in [0.29, 0.717) is 18.8 Å². The molecule has 0 aromatic heterocycles. The van der Waals surface area contributed by atoms with Crippen molar-refractivity contribution in [2.24, 2.45) is 0 Å². The number of carbonyl (C=O) groups excluding carboxylic acids is 1. The highest BCUT2D eigenvalue weighted by atomic mass is 16.7. The molecule has 18 heavy (non-hydrogen) atoms. The highest BCUT2D eigenvalue weighted by Crippen LogP contribution is 2.28. The average molecular weight is 249 g/mol. The Morgan fingerprint density at radius 1 is 1.28 bits per heavy atom. The second-order valence-corrected chi connectivity index (χ2v) is 4.18. The van der Waals surface area contributed by atoms with Gasteiger partial charge in [-0.15, -0.1) is 0 Å². The zero-order valence-corrected chi connectivity index (χ0v) is 10.9. The zero-order valence-electron chi connectivity index (χ0n) is 10.9. The van der Waals surface area contributed by atoms with E-state index in [1.54, 1.807) is 0 Å². The van der Waals surface area contributed by atoms with Gasteiger partial charge < -0.3 is 14.4 Å². The van der Waals surface area contributed by atoms with Gasteiger partial charge in [-0.25, -0.2) is 0 Å². The van der Waals surface area contributed by atoms with E-state index in [2.05, 4.69) is 18.7 Å². The van der Waals surface area contributed by atoms with Gasteiger partial charge in [0.1, 0.15) is 0 Å². The fourth-order valence-corrected chi connectivity index (χ4v) is 2.20. The molecule has 1 heterocycles. The Hall–Kier alpha value is -1.39. The molecule has 1 aliphatic heterocycles. The molecule has 0 unspecified atom stereocenters. The molecule has 1 aromatic rings. The molecular weight excluding hydrogens is 230 g/mol. The summed E-state index contributed by atoms with van der Waals surface area (Å²) >= 11 is 0. The van der Waals surface area contributed by atoms with Crippen molar-refractivity contribution in [3.05, 3.63) is 29.3 Å². The smallest absolute Gasteiger partial charge is 0.184 e. The van der Waals surface area contributed by atoms with Gasteiger partial charge in [0.2, 0.25) is 0 Å². The number of hydrogen-bond acceptors (Lipinski definition) is 4. The first-order valence-corrected chi connectivity index (χ1v) is 6.37. The molecule has 0 atom stereocenters. The predicted molar refractivity (Wildman–Crippen MR) is 70.0 cm³/mol. The first kappa shape index (κ1) is 13.1. The van der Waals surface area contributed by atoms with Crippen LogP contribution in [0.1, 0.15) is 36.1 Å². The van der Waals surface area contributed by atoms with Crippen LogP contribution in [0.15, 0.2) is 18.2 Å². The third-order valence-corrected chi connectivity index (χ3v) is 3.20. The third-order valence-electron chi connectivity index (χ3n) is 3.20. The minimum Gasteiger partial charge on any atom is -0.372 e. The van der Waals surface area contributed by atoms with E-state index in [1.807, 2.05) is 18.2 Å². The summed E-state index contributed by atoms with van der Waals surface area (Å²) in [5, 5.41) is 0. The summed E-state index contributed by atoms with van der Waals surface area (Å²) in [6.45, 7) is 7.21. The van der Waals surface area contributed by atoms with Gasteiger partial charge in [-0.05, 0) is 26.0 Å². The predicted octanol–water partition coefficient (Wildman–Crippen LogP) is 2.39. The van der Waals surface area contributed by atoms with E-state index < -0.39 is 6.29 Å². The maximum atomic E-state index is 11.2. The quantitative estimate of drug-likeness (QED) is 0.751. The number of rotatable bonds is 5. The molecule has 2 rings (SSSR count). The highest BCUT2D eigenvalue weighted by molar-refractivity contribution is 5.80. The topological polar surface area (TPSA) is 38.8 Å². The van der Waals surface area contributed by atoms with Crippen LogP contribution in [0.4, 0.5) is 5.69 Å². The summed E-state index contributed by atoms with van der Waals surface area (Å²) in [5.41, 5.74) is 2.52. The lowest BCUT2D eigenvalue weighted by Gasteiger charge is -2.22. The first-order valence-electron chi connectivity index (χ1n) is 6.37. The summed E-state index contributed by atoms with van der Waals surface area (Å²) in [5.74, 6) is 0. The molecule has 0 radical (unpaired) electrons. The Morgan fingerprint density at radius 3 is 2.50 bits per heavy atom. The standard InChI is InChI=1S/C14H19NO3/c1-3-15(4-2)12-5-6-13(11(9-12)10-16)14-17-7-8-18-14/h5-6,9-10,14H,3-4,7-8H2,1-2H3. The van der Waals surface area contributed by atoms with Crippen LogP contribution in [-0.2, 0) is 9.47 Å². The molecule has 4 nitrogen and oxygen atoms in total. The van der Waals surface area contributed by atoms with Crippen LogP contribution in [0.3, 0.4) is 0 Å². The van der Waals surface area contributed by atoms with E-state index >= 15 is 0 Å². The van der Waals surface area contributed by atoms with Crippen LogP contribution in [0.5, 0.6) is 0 Å². The molecule has 1 saturated heterocycles. The van der Waals surface area contributed by atoms with Gasteiger partial charge >= 0.3 is 0 Å². The molecular formula is C14H19NO3. The first-order chi connectivity index (χ1) is 8.80. The molecule has 0 aliphatic carbocycles. The van der Waals surface area contributed by atoms with Crippen LogP contribution in [0.25, 0.3) is 0 Å². The van der Waals surface area contributed by atoms with Crippen LogP contribution in [0.2, 0.25) is 0 Å². The van der Waals surface area contributed by atoms with Crippen LogP contribution in [-0.4, -0.2) is 32.6 Å². The molecule has 1 aliphatic rings. The molecule has 0 spiro atoms. The summed E-state index contributed by atoms with van der Waals surface area (Å²) in [6.07, 6.45) is 0.476. The maximum absolute atomic E-state index is 11.2. The van der Waals surface area contributed by atoms with Crippen molar-refractivity contribution in [2.45, 2.75) is 20.1 Å². The molecule has 98 valence electrons. The average Bonchev–Trinajstić information content (AvgIpc) is 2.93. The van der Waals surface area contributed by atoms with Gasteiger partial charge in [0.05, 0.1) is 13.2 Å². The minimum absolute atomic E-state index is 0.393. The van der Waals surface area contributed by atoms with Gasteiger partial charge in [0.25, 0.3) is 0 Å². The minimum atomic E-state index is -0.393.